The number of likely N-dealkylation sites (N-methyl/N-ethyl adjacent to an activating group) is 1. The number of amides is 1. The third kappa shape index (κ3) is 2.49. The number of hydrogen-bond acceptors (Lipinski definition) is 4. The molecule has 114 valence electrons. The van der Waals surface area contributed by atoms with Gasteiger partial charge in [-0.25, -0.2) is 4.98 Å². The van der Waals surface area contributed by atoms with Gasteiger partial charge < -0.3 is 14.5 Å². The van der Waals surface area contributed by atoms with Gasteiger partial charge >= 0.3 is 0 Å². The van der Waals surface area contributed by atoms with E-state index in [4.69, 9.17) is 5.26 Å². The van der Waals surface area contributed by atoms with Crippen LogP contribution in [0.25, 0.3) is 0 Å². The zero-order chi connectivity index (χ0) is 15.7. The molecule has 0 bridgehead atoms. The van der Waals surface area contributed by atoms with E-state index in [-0.39, 0.29) is 11.9 Å². The lowest BCUT2D eigenvalue weighted by molar-refractivity contribution is 0.0525. The van der Waals surface area contributed by atoms with Gasteiger partial charge in [0.05, 0.1) is 11.6 Å². The molecular formula is C15H18N6O. The summed E-state index contributed by atoms with van der Waals surface area (Å²) in [5.74, 6) is 0.818. The van der Waals surface area contributed by atoms with E-state index >= 15 is 0 Å². The Morgan fingerprint density at radius 2 is 2.27 bits per heavy atom. The molecule has 2 aromatic heterocycles. The molecule has 0 aromatic carbocycles. The Kier molecular flexibility index (Phi) is 3.69. The molecule has 1 aliphatic heterocycles. The Morgan fingerprint density at radius 3 is 2.91 bits per heavy atom. The highest BCUT2D eigenvalue weighted by atomic mass is 16.2. The number of nitrogens with zero attached hydrogens (tertiary/aromatic N) is 5. The van der Waals surface area contributed by atoms with E-state index in [1.165, 1.54) is 0 Å². The van der Waals surface area contributed by atoms with Crippen molar-refractivity contribution in [1.82, 2.24) is 24.3 Å². The Balaban J connectivity index is 1.81. The van der Waals surface area contributed by atoms with Crippen LogP contribution in [0.15, 0.2) is 24.7 Å². The molecule has 0 unspecified atom stereocenters. The maximum atomic E-state index is 12.7. The molecule has 1 atom stereocenters. The van der Waals surface area contributed by atoms with Gasteiger partial charge in [0, 0.05) is 45.3 Å². The lowest BCUT2D eigenvalue weighted by atomic mass is 10.1. The summed E-state index contributed by atoms with van der Waals surface area (Å²) in [5, 5.41) is 8.96. The third-order valence-electron chi connectivity index (χ3n) is 4.12. The van der Waals surface area contributed by atoms with E-state index < -0.39 is 0 Å². The summed E-state index contributed by atoms with van der Waals surface area (Å²) in [6.07, 6.45) is 5.19. The largest absolute Gasteiger partial charge is 0.347 e. The van der Waals surface area contributed by atoms with Gasteiger partial charge in [-0.1, -0.05) is 0 Å². The van der Waals surface area contributed by atoms with Crippen LogP contribution in [0.2, 0.25) is 0 Å². The van der Waals surface area contributed by atoms with Crippen molar-refractivity contribution in [2.45, 2.75) is 6.04 Å². The second-order valence-electron chi connectivity index (χ2n) is 5.56. The molecule has 3 heterocycles. The first-order valence-electron chi connectivity index (χ1n) is 7.15. The fourth-order valence-corrected chi connectivity index (χ4v) is 2.81. The van der Waals surface area contributed by atoms with Crippen LogP contribution in [0, 0.1) is 11.3 Å². The number of carbonyl (C=O) groups excluding carboxylic acids is 1. The summed E-state index contributed by atoms with van der Waals surface area (Å²) in [4.78, 5) is 24.2. The van der Waals surface area contributed by atoms with E-state index in [2.05, 4.69) is 20.9 Å². The minimum absolute atomic E-state index is 0.0475. The lowest BCUT2D eigenvalue weighted by Gasteiger charge is -2.38. The molecular weight excluding hydrogens is 280 g/mol. The van der Waals surface area contributed by atoms with Crippen molar-refractivity contribution < 1.29 is 4.79 Å². The predicted octanol–water partition coefficient (Wildman–Crippen LogP) is 0.749. The molecule has 22 heavy (non-hydrogen) atoms. The van der Waals surface area contributed by atoms with Gasteiger partial charge in [0.1, 0.15) is 17.6 Å². The van der Waals surface area contributed by atoms with Crippen LogP contribution in [0.1, 0.15) is 27.9 Å². The number of hydrogen-bond donors (Lipinski definition) is 1. The normalized spacial score (nSPS) is 19.1. The van der Waals surface area contributed by atoms with Crippen molar-refractivity contribution in [2.24, 2.45) is 7.05 Å². The fourth-order valence-electron chi connectivity index (χ4n) is 2.81. The van der Waals surface area contributed by atoms with Crippen LogP contribution in [0.3, 0.4) is 0 Å². The van der Waals surface area contributed by atoms with Gasteiger partial charge in [0.2, 0.25) is 0 Å². The van der Waals surface area contributed by atoms with Crippen LogP contribution >= 0.6 is 0 Å². The van der Waals surface area contributed by atoms with Gasteiger partial charge in [-0.3, -0.25) is 9.69 Å². The van der Waals surface area contributed by atoms with E-state index in [9.17, 15) is 4.79 Å². The minimum Gasteiger partial charge on any atom is -0.347 e. The molecule has 3 rings (SSSR count). The summed E-state index contributed by atoms with van der Waals surface area (Å²) >= 11 is 0. The maximum absolute atomic E-state index is 12.7. The number of aromatic nitrogens is 3. The lowest BCUT2D eigenvalue weighted by Crippen LogP contribution is -2.49. The Hall–Kier alpha value is -2.59. The number of carbonyl (C=O) groups is 1. The van der Waals surface area contributed by atoms with Gasteiger partial charge in [-0.2, -0.15) is 5.26 Å². The summed E-state index contributed by atoms with van der Waals surface area (Å²) < 4.78 is 1.71. The van der Waals surface area contributed by atoms with Crippen LogP contribution in [-0.2, 0) is 7.05 Å². The molecule has 0 saturated carbocycles. The first kappa shape index (κ1) is 14.4. The first-order valence-corrected chi connectivity index (χ1v) is 7.15. The van der Waals surface area contributed by atoms with Gasteiger partial charge in [0.15, 0.2) is 0 Å². The standard InChI is InChI=1S/C15H18N6O/c1-19-5-6-21(10-13(19)14-17-3-4-18-14)15(22)12-7-11(8-16)9-20(12)2/h3-4,7,9,13H,5-6,10H2,1-2H3,(H,17,18)/t13-/m1/s1. The molecule has 0 aliphatic carbocycles. The minimum atomic E-state index is -0.0475. The summed E-state index contributed by atoms with van der Waals surface area (Å²) in [7, 11) is 3.82. The van der Waals surface area contributed by atoms with Gasteiger partial charge in [0.25, 0.3) is 5.91 Å². The number of H-pyrrole nitrogens is 1. The molecule has 1 aliphatic rings. The molecule has 1 amide bonds. The van der Waals surface area contributed by atoms with Crippen molar-refractivity contribution >= 4 is 5.91 Å². The maximum Gasteiger partial charge on any atom is 0.270 e. The van der Waals surface area contributed by atoms with Crippen molar-refractivity contribution in [3.63, 3.8) is 0 Å². The number of nitriles is 1. The number of rotatable bonds is 2. The molecule has 1 N–H and O–H groups in total. The number of piperazine rings is 1. The smallest absolute Gasteiger partial charge is 0.270 e. The van der Waals surface area contributed by atoms with Crippen LogP contribution in [0.5, 0.6) is 0 Å². The van der Waals surface area contributed by atoms with Crippen LogP contribution < -0.4 is 0 Å². The SMILES string of the molecule is CN1CCN(C(=O)c2cc(C#N)cn2C)C[C@@H]1c1ncc[nH]1. The van der Waals surface area contributed by atoms with Crippen molar-refractivity contribution in [3.8, 4) is 6.07 Å². The highest BCUT2D eigenvalue weighted by Crippen LogP contribution is 2.22. The fraction of sp³-hybridized carbons (Fsp3) is 0.400. The first-order chi connectivity index (χ1) is 10.6. The molecule has 2 aromatic rings. The van der Waals surface area contributed by atoms with E-state index in [0.29, 0.717) is 24.3 Å². The second kappa shape index (κ2) is 5.66. The molecule has 1 fully saturated rings. The second-order valence-corrected chi connectivity index (χ2v) is 5.56. The summed E-state index contributed by atoms with van der Waals surface area (Å²) in [6, 6.07) is 3.77. The number of aryl methyl sites for hydroxylation is 1. The highest BCUT2D eigenvalue weighted by molar-refractivity contribution is 5.93. The molecule has 0 spiro atoms. The van der Waals surface area contributed by atoms with E-state index in [1.807, 2.05) is 11.9 Å². The molecule has 1 saturated heterocycles. The average Bonchev–Trinajstić information content (AvgIpc) is 3.16. The van der Waals surface area contributed by atoms with Crippen LogP contribution in [0.4, 0.5) is 0 Å². The van der Waals surface area contributed by atoms with Crippen LogP contribution in [-0.4, -0.2) is 56.9 Å². The highest BCUT2D eigenvalue weighted by Gasteiger charge is 2.31. The van der Waals surface area contributed by atoms with E-state index in [1.54, 1.807) is 36.3 Å². The number of nitrogens with one attached hydrogen (secondary N) is 1. The van der Waals surface area contributed by atoms with Crippen molar-refractivity contribution in [1.29, 1.82) is 5.26 Å². The van der Waals surface area contributed by atoms with E-state index in [0.717, 1.165) is 12.4 Å². The van der Waals surface area contributed by atoms with Gasteiger partial charge in [-0.05, 0) is 13.1 Å². The Bertz CT molecular complexity index is 711. The monoisotopic (exact) mass is 298 g/mol. The number of aromatic amines is 1. The Labute approximate surface area is 128 Å². The molecule has 7 heteroatoms. The topological polar surface area (TPSA) is 80.9 Å². The van der Waals surface area contributed by atoms with Crippen molar-refractivity contribution in [2.75, 3.05) is 26.7 Å². The van der Waals surface area contributed by atoms with Gasteiger partial charge in [-0.15, -0.1) is 0 Å². The Morgan fingerprint density at radius 1 is 1.45 bits per heavy atom. The average molecular weight is 298 g/mol. The zero-order valence-corrected chi connectivity index (χ0v) is 12.7. The predicted molar refractivity (Wildman–Crippen MR) is 80.0 cm³/mol. The molecule has 0 radical (unpaired) electrons. The third-order valence-corrected chi connectivity index (χ3v) is 4.12. The zero-order valence-electron chi connectivity index (χ0n) is 12.7. The quantitative estimate of drug-likeness (QED) is 0.887. The van der Waals surface area contributed by atoms with Crippen molar-refractivity contribution in [3.05, 3.63) is 41.7 Å². The molecule has 7 nitrogen and oxygen atoms in total. The summed E-state index contributed by atoms with van der Waals surface area (Å²) in [5.41, 5.74) is 1.04. The summed E-state index contributed by atoms with van der Waals surface area (Å²) in [6.45, 7) is 2.03. The number of imidazole rings is 1.